The summed E-state index contributed by atoms with van der Waals surface area (Å²) >= 11 is 0. The van der Waals surface area contributed by atoms with E-state index in [0.29, 0.717) is 0 Å². The van der Waals surface area contributed by atoms with Gasteiger partial charge in [0.05, 0.1) is 6.04 Å². The zero-order valence-corrected chi connectivity index (χ0v) is 9.92. The van der Waals surface area contributed by atoms with Gasteiger partial charge in [-0.1, -0.05) is 20.3 Å². The first-order valence-corrected chi connectivity index (χ1v) is 5.60. The number of hydrogen-bond donors (Lipinski definition) is 1. The number of carbonyl (C=O) groups is 1. The Labute approximate surface area is 87.6 Å². The van der Waals surface area contributed by atoms with Gasteiger partial charge in [-0.25, -0.2) is 0 Å². The lowest BCUT2D eigenvalue weighted by atomic mass is 10.1. The third kappa shape index (κ3) is 4.09. The molecule has 0 bridgehead atoms. The average molecular weight is 200 g/mol. The van der Waals surface area contributed by atoms with Crippen molar-refractivity contribution in [1.29, 1.82) is 0 Å². The van der Waals surface area contributed by atoms with E-state index in [2.05, 4.69) is 6.92 Å². The van der Waals surface area contributed by atoms with Gasteiger partial charge in [0.15, 0.2) is 0 Å². The Bertz CT molecular complexity index is 169. The predicted molar refractivity (Wildman–Crippen MR) is 60.0 cm³/mol. The SMILES string of the molecule is CCC[C@H](N)C(=O)N(CCC)C(C)C. The fourth-order valence-electron chi connectivity index (χ4n) is 1.51. The molecule has 1 amide bonds. The number of rotatable bonds is 6. The van der Waals surface area contributed by atoms with Crippen LogP contribution in [0.15, 0.2) is 0 Å². The molecule has 0 unspecified atom stereocenters. The largest absolute Gasteiger partial charge is 0.339 e. The summed E-state index contributed by atoms with van der Waals surface area (Å²) in [5.74, 6) is 0.101. The fourth-order valence-corrected chi connectivity index (χ4v) is 1.51. The molecule has 0 saturated heterocycles. The van der Waals surface area contributed by atoms with Gasteiger partial charge in [0.2, 0.25) is 5.91 Å². The topological polar surface area (TPSA) is 46.3 Å². The van der Waals surface area contributed by atoms with Crippen molar-refractivity contribution < 1.29 is 4.79 Å². The van der Waals surface area contributed by atoms with Crippen LogP contribution in [0.2, 0.25) is 0 Å². The Morgan fingerprint density at radius 2 is 1.86 bits per heavy atom. The molecule has 14 heavy (non-hydrogen) atoms. The van der Waals surface area contributed by atoms with Gasteiger partial charge in [-0.15, -0.1) is 0 Å². The Balaban J connectivity index is 4.27. The summed E-state index contributed by atoms with van der Waals surface area (Å²) in [6.45, 7) is 9.01. The standard InChI is InChI=1S/C11H24N2O/c1-5-7-10(12)11(14)13(8-6-2)9(3)4/h9-10H,5-8,12H2,1-4H3/t10-/m0/s1. The maximum Gasteiger partial charge on any atom is 0.239 e. The van der Waals surface area contributed by atoms with Crippen LogP contribution in [-0.2, 0) is 4.79 Å². The zero-order chi connectivity index (χ0) is 11.1. The maximum absolute atomic E-state index is 11.9. The highest BCUT2D eigenvalue weighted by Crippen LogP contribution is 2.05. The molecule has 0 aliphatic rings. The third-order valence-electron chi connectivity index (χ3n) is 2.29. The molecule has 0 spiro atoms. The first kappa shape index (κ1) is 13.4. The van der Waals surface area contributed by atoms with E-state index in [1.807, 2.05) is 25.7 Å². The Hall–Kier alpha value is -0.570. The van der Waals surface area contributed by atoms with Crippen LogP contribution in [0.4, 0.5) is 0 Å². The molecule has 0 aliphatic carbocycles. The summed E-state index contributed by atoms with van der Waals surface area (Å²) in [5, 5.41) is 0. The minimum atomic E-state index is -0.311. The van der Waals surface area contributed by atoms with Crippen molar-refractivity contribution in [2.24, 2.45) is 5.73 Å². The lowest BCUT2D eigenvalue weighted by Crippen LogP contribution is -2.47. The van der Waals surface area contributed by atoms with Crippen molar-refractivity contribution >= 4 is 5.91 Å². The molecule has 0 aliphatic heterocycles. The van der Waals surface area contributed by atoms with Gasteiger partial charge in [0.25, 0.3) is 0 Å². The van der Waals surface area contributed by atoms with E-state index in [4.69, 9.17) is 5.73 Å². The van der Waals surface area contributed by atoms with Gasteiger partial charge in [-0.3, -0.25) is 4.79 Å². The molecule has 0 aromatic heterocycles. The van der Waals surface area contributed by atoms with Gasteiger partial charge in [-0.2, -0.15) is 0 Å². The zero-order valence-electron chi connectivity index (χ0n) is 9.92. The van der Waals surface area contributed by atoms with E-state index < -0.39 is 0 Å². The van der Waals surface area contributed by atoms with Gasteiger partial charge in [0.1, 0.15) is 0 Å². The van der Waals surface area contributed by atoms with E-state index in [0.717, 1.165) is 25.8 Å². The molecule has 0 rings (SSSR count). The molecule has 0 radical (unpaired) electrons. The van der Waals surface area contributed by atoms with E-state index >= 15 is 0 Å². The summed E-state index contributed by atoms with van der Waals surface area (Å²) < 4.78 is 0. The van der Waals surface area contributed by atoms with Crippen LogP contribution in [-0.4, -0.2) is 29.4 Å². The molecule has 0 fully saturated rings. The molecule has 84 valence electrons. The molecule has 3 heteroatoms. The van der Waals surface area contributed by atoms with Crippen LogP contribution in [0.5, 0.6) is 0 Å². The number of nitrogens with two attached hydrogens (primary N) is 1. The normalized spacial score (nSPS) is 13.0. The molecule has 0 heterocycles. The van der Waals surface area contributed by atoms with Crippen LogP contribution in [0.1, 0.15) is 47.0 Å². The highest BCUT2D eigenvalue weighted by Gasteiger charge is 2.21. The number of carbonyl (C=O) groups excluding carboxylic acids is 1. The highest BCUT2D eigenvalue weighted by atomic mass is 16.2. The molecule has 3 nitrogen and oxygen atoms in total. The van der Waals surface area contributed by atoms with E-state index in [1.165, 1.54) is 0 Å². The third-order valence-corrected chi connectivity index (χ3v) is 2.29. The van der Waals surface area contributed by atoms with Gasteiger partial charge in [-0.05, 0) is 26.7 Å². The van der Waals surface area contributed by atoms with Crippen LogP contribution < -0.4 is 5.73 Å². The lowest BCUT2D eigenvalue weighted by molar-refractivity contribution is -0.134. The van der Waals surface area contributed by atoms with Gasteiger partial charge < -0.3 is 10.6 Å². The van der Waals surface area contributed by atoms with E-state index in [-0.39, 0.29) is 18.0 Å². The van der Waals surface area contributed by atoms with Gasteiger partial charge in [0, 0.05) is 12.6 Å². The lowest BCUT2D eigenvalue weighted by Gasteiger charge is -2.28. The molecular formula is C11H24N2O. The van der Waals surface area contributed by atoms with Crippen molar-refractivity contribution in [2.75, 3.05) is 6.54 Å². The van der Waals surface area contributed by atoms with E-state index in [1.54, 1.807) is 0 Å². The summed E-state index contributed by atoms with van der Waals surface area (Å²) in [6.07, 6.45) is 2.74. The molecule has 2 N–H and O–H groups in total. The first-order valence-electron chi connectivity index (χ1n) is 5.60. The Morgan fingerprint density at radius 1 is 1.29 bits per heavy atom. The number of nitrogens with zero attached hydrogens (tertiary/aromatic N) is 1. The maximum atomic E-state index is 11.9. The quantitative estimate of drug-likeness (QED) is 0.710. The average Bonchev–Trinajstić information content (AvgIpc) is 2.13. The second kappa shape index (κ2) is 6.82. The van der Waals surface area contributed by atoms with Crippen molar-refractivity contribution in [3.05, 3.63) is 0 Å². The Kier molecular flexibility index (Phi) is 6.54. The van der Waals surface area contributed by atoms with Crippen molar-refractivity contribution in [1.82, 2.24) is 4.90 Å². The summed E-state index contributed by atoms with van der Waals surface area (Å²) in [4.78, 5) is 13.7. The monoisotopic (exact) mass is 200 g/mol. The molecule has 1 atom stereocenters. The Morgan fingerprint density at radius 3 is 2.21 bits per heavy atom. The number of amides is 1. The second-order valence-electron chi connectivity index (χ2n) is 4.02. The minimum Gasteiger partial charge on any atom is -0.339 e. The molecule has 0 saturated carbocycles. The van der Waals surface area contributed by atoms with Crippen molar-refractivity contribution in [3.8, 4) is 0 Å². The van der Waals surface area contributed by atoms with Crippen LogP contribution in [0.3, 0.4) is 0 Å². The highest BCUT2D eigenvalue weighted by molar-refractivity contribution is 5.81. The number of hydrogen-bond acceptors (Lipinski definition) is 2. The van der Waals surface area contributed by atoms with Crippen molar-refractivity contribution in [2.45, 2.75) is 59.0 Å². The van der Waals surface area contributed by atoms with Crippen LogP contribution in [0.25, 0.3) is 0 Å². The molecule has 0 aromatic rings. The summed E-state index contributed by atoms with van der Waals surface area (Å²) in [6, 6.07) is -0.0562. The van der Waals surface area contributed by atoms with Crippen molar-refractivity contribution in [3.63, 3.8) is 0 Å². The molecule has 0 aromatic carbocycles. The second-order valence-corrected chi connectivity index (χ2v) is 4.02. The first-order chi connectivity index (χ1) is 6.54. The summed E-state index contributed by atoms with van der Waals surface area (Å²) in [5.41, 5.74) is 5.81. The van der Waals surface area contributed by atoms with Crippen LogP contribution in [0, 0.1) is 0 Å². The van der Waals surface area contributed by atoms with E-state index in [9.17, 15) is 4.79 Å². The fraction of sp³-hybridized carbons (Fsp3) is 0.909. The minimum absolute atomic E-state index is 0.101. The van der Waals surface area contributed by atoms with Gasteiger partial charge >= 0.3 is 0 Å². The smallest absolute Gasteiger partial charge is 0.239 e. The summed E-state index contributed by atoms with van der Waals surface area (Å²) in [7, 11) is 0. The predicted octanol–water partition coefficient (Wildman–Crippen LogP) is 1.76. The molecular weight excluding hydrogens is 176 g/mol. The van der Waals surface area contributed by atoms with Crippen LogP contribution >= 0.6 is 0 Å².